The molecule has 0 fully saturated rings. The summed E-state index contributed by atoms with van der Waals surface area (Å²) < 4.78 is 50.6. The molecular formula is C18H17F4NO. The number of carbonyl (C=O) groups excluding carboxylic acids is 1. The van der Waals surface area contributed by atoms with Crippen LogP contribution in [0, 0.1) is 11.7 Å². The van der Waals surface area contributed by atoms with E-state index in [-0.39, 0.29) is 24.2 Å². The first-order chi connectivity index (χ1) is 11.3. The maximum absolute atomic E-state index is 13.1. The van der Waals surface area contributed by atoms with Crippen molar-refractivity contribution in [1.29, 1.82) is 0 Å². The molecule has 1 unspecified atom stereocenters. The third-order valence-electron chi connectivity index (χ3n) is 3.63. The molecule has 0 aliphatic rings. The average Bonchev–Trinajstić information content (AvgIpc) is 2.52. The highest BCUT2D eigenvalue weighted by Crippen LogP contribution is 2.29. The quantitative estimate of drug-likeness (QED) is 0.807. The first-order valence-corrected chi connectivity index (χ1v) is 7.44. The third kappa shape index (κ3) is 5.08. The Morgan fingerprint density at radius 3 is 2.33 bits per heavy atom. The molecule has 0 aliphatic carbocycles. The molecule has 0 spiro atoms. The molecule has 24 heavy (non-hydrogen) atoms. The minimum atomic E-state index is -4.37. The molecule has 128 valence electrons. The minimum absolute atomic E-state index is 0.143. The van der Waals surface area contributed by atoms with Crippen LogP contribution in [0.4, 0.5) is 17.6 Å². The van der Waals surface area contributed by atoms with Crippen molar-refractivity contribution in [3.05, 3.63) is 71.0 Å². The fraction of sp³-hybridized carbons (Fsp3) is 0.278. The lowest BCUT2D eigenvalue weighted by Crippen LogP contribution is -2.29. The molecule has 1 amide bonds. The fourth-order valence-electron chi connectivity index (χ4n) is 2.29. The van der Waals surface area contributed by atoms with Gasteiger partial charge in [-0.2, -0.15) is 13.2 Å². The molecule has 1 atom stereocenters. The number of carbonyl (C=O) groups is 1. The normalized spacial score (nSPS) is 12.7. The number of amides is 1. The summed E-state index contributed by atoms with van der Waals surface area (Å²) in [6.07, 6.45) is -3.99. The second kappa shape index (κ2) is 7.47. The zero-order valence-electron chi connectivity index (χ0n) is 13.0. The lowest BCUT2D eigenvalue weighted by atomic mass is 10.00. The third-order valence-corrected chi connectivity index (χ3v) is 3.63. The SMILES string of the molecule is CC(Cc1cccc(F)c1)C(=O)NCc1ccc(C(F)(F)F)cc1. The molecule has 0 saturated carbocycles. The van der Waals surface area contributed by atoms with Crippen molar-refractivity contribution in [2.75, 3.05) is 0 Å². The van der Waals surface area contributed by atoms with Crippen molar-refractivity contribution in [3.63, 3.8) is 0 Å². The Balaban J connectivity index is 1.88. The number of hydrogen-bond acceptors (Lipinski definition) is 1. The van der Waals surface area contributed by atoms with Crippen molar-refractivity contribution in [2.45, 2.75) is 26.1 Å². The zero-order chi connectivity index (χ0) is 17.7. The van der Waals surface area contributed by atoms with Crippen LogP contribution in [0.5, 0.6) is 0 Å². The molecule has 0 saturated heterocycles. The highest BCUT2D eigenvalue weighted by atomic mass is 19.4. The van der Waals surface area contributed by atoms with Crippen molar-refractivity contribution in [3.8, 4) is 0 Å². The Kier molecular flexibility index (Phi) is 5.59. The molecule has 2 aromatic rings. The largest absolute Gasteiger partial charge is 0.416 e. The summed E-state index contributed by atoms with van der Waals surface area (Å²) in [6.45, 7) is 1.86. The predicted molar refractivity (Wildman–Crippen MR) is 82.6 cm³/mol. The summed E-state index contributed by atoms with van der Waals surface area (Å²) in [7, 11) is 0. The second-order valence-electron chi connectivity index (χ2n) is 5.65. The topological polar surface area (TPSA) is 29.1 Å². The summed E-state index contributed by atoms with van der Waals surface area (Å²) in [5, 5.41) is 2.68. The van der Waals surface area contributed by atoms with Gasteiger partial charge in [0.1, 0.15) is 5.82 Å². The van der Waals surface area contributed by atoms with Gasteiger partial charge in [0.2, 0.25) is 5.91 Å². The molecule has 2 rings (SSSR count). The Labute approximate surface area is 137 Å². The lowest BCUT2D eigenvalue weighted by molar-refractivity contribution is -0.137. The Bertz CT molecular complexity index is 695. The summed E-state index contributed by atoms with van der Waals surface area (Å²) in [5.41, 5.74) is 0.568. The number of nitrogens with one attached hydrogen (secondary N) is 1. The van der Waals surface area contributed by atoms with E-state index in [0.29, 0.717) is 17.5 Å². The Morgan fingerprint density at radius 2 is 1.75 bits per heavy atom. The average molecular weight is 339 g/mol. The summed E-state index contributed by atoms with van der Waals surface area (Å²) >= 11 is 0. The van der Waals surface area contributed by atoms with Crippen molar-refractivity contribution >= 4 is 5.91 Å². The molecule has 1 N–H and O–H groups in total. The van der Waals surface area contributed by atoms with E-state index in [9.17, 15) is 22.4 Å². The summed E-state index contributed by atoms with van der Waals surface area (Å²) in [6, 6.07) is 10.7. The summed E-state index contributed by atoms with van der Waals surface area (Å²) in [4.78, 5) is 12.0. The molecule has 0 bridgehead atoms. The Morgan fingerprint density at radius 1 is 1.08 bits per heavy atom. The molecule has 0 aliphatic heterocycles. The van der Waals surface area contributed by atoms with Crippen LogP contribution in [0.1, 0.15) is 23.6 Å². The van der Waals surface area contributed by atoms with Crippen molar-refractivity contribution < 1.29 is 22.4 Å². The molecule has 2 nitrogen and oxygen atoms in total. The Hall–Kier alpha value is -2.37. The van der Waals surface area contributed by atoms with Gasteiger partial charge in [-0.3, -0.25) is 4.79 Å². The van der Waals surface area contributed by atoms with Crippen LogP contribution >= 0.6 is 0 Å². The van der Waals surface area contributed by atoms with Gasteiger partial charge < -0.3 is 5.32 Å². The van der Waals surface area contributed by atoms with Gasteiger partial charge in [0.25, 0.3) is 0 Å². The van der Waals surface area contributed by atoms with Gasteiger partial charge in [-0.05, 0) is 41.8 Å². The van der Waals surface area contributed by atoms with Gasteiger partial charge in [0.15, 0.2) is 0 Å². The van der Waals surface area contributed by atoms with E-state index in [1.165, 1.54) is 24.3 Å². The van der Waals surface area contributed by atoms with E-state index in [1.807, 2.05) is 0 Å². The maximum Gasteiger partial charge on any atom is 0.416 e. The fourth-order valence-corrected chi connectivity index (χ4v) is 2.29. The van der Waals surface area contributed by atoms with Crippen LogP contribution in [0.15, 0.2) is 48.5 Å². The maximum atomic E-state index is 13.1. The van der Waals surface area contributed by atoms with Crippen molar-refractivity contribution in [1.82, 2.24) is 5.32 Å². The standard InChI is InChI=1S/C18H17F4NO/c1-12(9-14-3-2-4-16(19)10-14)17(24)23-11-13-5-7-15(8-6-13)18(20,21)22/h2-8,10,12H,9,11H2,1H3,(H,23,24). The van der Waals surface area contributed by atoms with E-state index in [0.717, 1.165) is 12.1 Å². The molecule has 0 aromatic heterocycles. The van der Waals surface area contributed by atoms with Crippen LogP contribution in [0.2, 0.25) is 0 Å². The van der Waals surface area contributed by atoms with E-state index in [4.69, 9.17) is 0 Å². The number of benzene rings is 2. The first kappa shape index (κ1) is 18.0. The van der Waals surface area contributed by atoms with Gasteiger partial charge in [0, 0.05) is 12.5 Å². The van der Waals surface area contributed by atoms with Gasteiger partial charge in [-0.25, -0.2) is 4.39 Å². The van der Waals surface area contributed by atoms with Crippen LogP contribution in [-0.4, -0.2) is 5.91 Å². The van der Waals surface area contributed by atoms with E-state index in [1.54, 1.807) is 19.1 Å². The van der Waals surface area contributed by atoms with Gasteiger partial charge >= 0.3 is 6.18 Å². The van der Waals surface area contributed by atoms with Crippen LogP contribution in [0.3, 0.4) is 0 Å². The number of halogens is 4. The predicted octanol–water partition coefficient (Wildman–Crippen LogP) is 4.34. The molecule has 0 heterocycles. The monoisotopic (exact) mass is 339 g/mol. The van der Waals surface area contributed by atoms with E-state index >= 15 is 0 Å². The van der Waals surface area contributed by atoms with Gasteiger partial charge in [-0.15, -0.1) is 0 Å². The molecule has 6 heteroatoms. The number of rotatable bonds is 5. The zero-order valence-corrected chi connectivity index (χ0v) is 13.0. The van der Waals surface area contributed by atoms with E-state index < -0.39 is 11.7 Å². The van der Waals surface area contributed by atoms with Gasteiger partial charge in [0.05, 0.1) is 5.56 Å². The molecular weight excluding hydrogens is 322 g/mol. The highest BCUT2D eigenvalue weighted by molar-refractivity contribution is 5.78. The van der Waals surface area contributed by atoms with Crippen LogP contribution in [-0.2, 0) is 23.9 Å². The first-order valence-electron chi connectivity index (χ1n) is 7.44. The molecule has 2 aromatic carbocycles. The van der Waals surface area contributed by atoms with Gasteiger partial charge in [-0.1, -0.05) is 31.2 Å². The second-order valence-corrected chi connectivity index (χ2v) is 5.65. The highest BCUT2D eigenvalue weighted by Gasteiger charge is 2.29. The smallest absolute Gasteiger partial charge is 0.352 e. The number of alkyl halides is 3. The lowest BCUT2D eigenvalue weighted by Gasteiger charge is -2.13. The number of hydrogen-bond donors (Lipinski definition) is 1. The minimum Gasteiger partial charge on any atom is -0.352 e. The van der Waals surface area contributed by atoms with Crippen LogP contribution < -0.4 is 5.32 Å². The summed E-state index contributed by atoms with van der Waals surface area (Å²) in [5.74, 6) is -0.967. The molecule has 0 radical (unpaired) electrons. The van der Waals surface area contributed by atoms with E-state index in [2.05, 4.69) is 5.32 Å². The van der Waals surface area contributed by atoms with Crippen LogP contribution in [0.25, 0.3) is 0 Å². The van der Waals surface area contributed by atoms with Crippen molar-refractivity contribution in [2.24, 2.45) is 5.92 Å².